The summed E-state index contributed by atoms with van der Waals surface area (Å²) in [6.07, 6.45) is 2.25. The van der Waals surface area contributed by atoms with Crippen molar-refractivity contribution in [3.05, 3.63) is 70.3 Å². The first-order valence-corrected chi connectivity index (χ1v) is 7.03. The van der Waals surface area contributed by atoms with E-state index in [0.717, 1.165) is 19.4 Å². The van der Waals surface area contributed by atoms with E-state index in [-0.39, 0.29) is 6.17 Å². The quantitative estimate of drug-likeness (QED) is 0.754. The first-order chi connectivity index (χ1) is 9.34. The van der Waals surface area contributed by atoms with Crippen molar-refractivity contribution in [2.45, 2.75) is 24.9 Å². The summed E-state index contributed by atoms with van der Waals surface area (Å²) in [6.45, 7) is 0.947. The molecule has 2 atom stereocenters. The minimum absolute atomic E-state index is 0.0172. The third kappa shape index (κ3) is 1.64. The van der Waals surface area contributed by atoms with Crippen molar-refractivity contribution < 1.29 is 0 Å². The van der Waals surface area contributed by atoms with Crippen LogP contribution in [0.3, 0.4) is 0 Å². The summed E-state index contributed by atoms with van der Waals surface area (Å²) < 4.78 is 0. The normalized spacial score (nSPS) is 24.3. The second kappa shape index (κ2) is 4.19. The van der Waals surface area contributed by atoms with Crippen LogP contribution >= 0.6 is 0 Å². The molecule has 2 nitrogen and oxygen atoms in total. The van der Waals surface area contributed by atoms with Crippen LogP contribution in [0.1, 0.15) is 39.9 Å². The Bertz CT molecular complexity index is 633. The van der Waals surface area contributed by atoms with Gasteiger partial charge in [0, 0.05) is 12.5 Å². The molecular formula is C17H18N2. The molecule has 0 saturated carbocycles. The highest BCUT2D eigenvalue weighted by atomic mass is 15.0. The molecule has 2 aromatic carbocycles. The van der Waals surface area contributed by atoms with Gasteiger partial charge in [-0.25, -0.2) is 0 Å². The molecule has 3 N–H and O–H groups in total. The van der Waals surface area contributed by atoms with E-state index in [1.807, 2.05) is 0 Å². The molecular weight excluding hydrogens is 232 g/mol. The molecule has 0 fully saturated rings. The van der Waals surface area contributed by atoms with E-state index in [1.165, 1.54) is 27.8 Å². The molecule has 0 aromatic heterocycles. The second-order valence-corrected chi connectivity index (χ2v) is 5.56. The highest BCUT2D eigenvalue weighted by Gasteiger charge is 2.30. The Morgan fingerprint density at radius 3 is 2.58 bits per heavy atom. The predicted octanol–water partition coefficient (Wildman–Crippen LogP) is 2.48. The van der Waals surface area contributed by atoms with E-state index in [9.17, 15) is 0 Å². The van der Waals surface area contributed by atoms with Crippen molar-refractivity contribution in [1.29, 1.82) is 0 Å². The first-order valence-electron chi connectivity index (χ1n) is 7.03. The summed E-state index contributed by atoms with van der Waals surface area (Å²) >= 11 is 0. The summed E-state index contributed by atoms with van der Waals surface area (Å²) in [5, 5.41) is 3.45. The number of nitrogens with two attached hydrogens (primary N) is 1. The highest BCUT2D eigenvalue weighted by Crippen LogP contribution is 2.39. The SMILES string of the molecule is NC1NCC2c3ccccc3CCc3cccc1c32. The zero-order chi connectivity index (χ0) is 12.8. The summed E-state index contributed by atoms with van der Waals surface area (Å²) in [4.78, 5) is 0. The average molecular weight is 250 g/mol. The number of aryl methyl sites for hydroxylation is 2. The van der Waals surface area contributed by atoms with Crippen molar-refractivity contribution in [1.82, 2.24) is 5.32 Å². The van der Waals surface area contributed by atoms with Crippen molar-refractivity contribution in [3.63, 3.8) is 0 Å². The molecule has 0 bridgehead atoms. The maximum absolute atomic E-state index is 6.22. The average Bonchev–Trinajstić information content (AvgIpc) is 2.62. The van der Waals surface area contributed by atoms with Gasteiger partial charge in [-0.15, -0.1) is 0 Å². The van der Waals surface area contributed by atoms with Gasteiger partial charge < -0.3 is 5.73 Å². The molecule has 0 amide bonds. The maximum atomic E-state index is 6.22. The third-order valence-corrected chi connectivity index (χ3v) is 4.55. The molecule has 2 aromatic rings. The monoisotopic (exact) mass is 250 g/mol. The first kappa shape index (κ1) is 11.2. The Morgan fingerprint density at radius 2 is 1.63 bits per heavy atom. The van der Waals surface area contributed by atoms with E-state index < -0.39 is 0 Å². The van der Waals surface area contributed by atoms with Crippen LogP contribution in [0.4, 0.5) is 0 Å². The van der Waals surface area contributed by atoms with Gasteiger partial charge in [-0.1, -0.05) is 42.5 Å². The van der Waals surface area contributed by atoms with E-state index in [1.54, 1.807) is 0 Å². The lowest BCUT2D eigenvalue weighted by Crippen LogP contribution is -2.38. The summed E-state index contributed by atoms with van der Waals surface area (Å²) in [6, 6.07) is 15.5. The summed E-state index contributed by atoms with van der Waals surface area (Å²) in [5.41, 5.74) is 13.4. The lowest BCUT2D eigenvalue weighted by molar-refractivity contribution is 0.490. The van der Waals surface area contributed by atoms with Gasteiger partial charge >= 0.3 is 0 Å². The van der Waals surface area contributed by atoms with Crippen molar-refractivity contribution in [2.24, 2.45) is 5.73 Å². The lowest BCUT2D eigenvalue weighted by atomic mass is 9.82. The van der Waals surface area contributed by atoms with E-state index in [0.29, 0.717) is 5.92 Å². The zero-order valence-electron chi connectivity index (χ0n) is 10.9. The van der Waals surface area contributed by atoms with Gasteiger partial charge in [-0.3, -0.25) is 5.32 Å². The summed E-state index contributed by atoms with van der Waals surface area (Å²) in [5.74, 6) is 0.463. The van der Waals surface area contributed by atoms with Gasteiger partial charge in [0.1, 0.15) is 0 Å². The molecule has 2 unspecified atom stereocenters. The smallest absolute Gasteiger partial charge is 0.0813 e. The van der Waals surface area contributed by atoms with Crippen LogP contribution in [0.25, 0.3) is 0 Å². The van der Waals surface area contributed by atoms with Gasteiger partial charge in [0.2, 0.25) is 0 Å². The van der Waals surface area contributed by atoms with Crippen LogP contribution in [0.15, 0.2) is 42.5 Å². The maximum Gasteiger partial charge on any atom is 0.0813 e. The number of nitrogens with one attached hydrogen (secondary N) is 1. The van der Waals surface area contributed by atoms with E-state index in [2.05, 4.69) is 47.8 Å². The number of benzene rings is 2. The molecule has 2 heteroatoms. The van der Waals surface area contributed by atoms with E-state index >= 15 is 0 Å². The van der Waals surface area contributed by atoms with Crippen LogP contribution in [-0.2, 0) is 12.8 Å². The standard InChI is InChI=1S/C17H18N2/c18-17-14-7-3-5-12-9-8-11-4-1-2-6-13(11)15(10-19-17)16(12)14/h1-7,15,17,19H,8-10,18H2. The largest absolute Gasteiger partial charge is 0.312 e. The van der Waals surface area contributed by atoms with Gasteiger partial charge in [0.25, 0.3) is 0 Å². The lowest BCUT2D eigenvalue weighted by Gasteiger charge is -2.32. The van der Waals surface area contributed by atoms with Crippen LogP contribution in [0.2, 0.25) is 0 Å². The highest BCUT2D eigenvalue weighted by molar-refractivity contribution is 5.50. The Kier molecular flexibility index (Phi) is 2.47. The minimum atomic E-state index is -0.0172. The fraction of sp³-hybridized carbons (Fsp3) is 0.294. The Labute approximate surface area is 113 Å². The van der Waals surface area contributed by atoms with Gasteiger partial charge in [0.15, 0.2) is 0 Å². The molecule has 19 heavy (non-hydrogen) atoms. The fourth-order valence-corrected chi connectivity index (χ4v) is 3.64. The topological polar surface area (TPSA) is 38.0 Å². The van der Waals surface area contributed by atoms with E-state index in [4.69, 9.17) is 5.73 Å². The van der Waals surface area contributed by atoms with Crippen LogP contribution in [0.5, 0.6) is 0 Å². The number of fused-ring (bicyclic) bond motifs is 2. The second-order valence-electron chi connectivity index (χ2n) is 5.56. The molecule has 96 valence electrons. The number of hydrogen-bond donors (Lipinski definition) is 2. The molecule has 0 spiro atoms. The van der Waals surface area contributed by atoms with Crippen molar-refractivity contribution in [2.75, 3.05) is 6.54 Å². The molecule has 1 aliphatic carbocycles. The minimum Gasteiger partial charge on any atom is -0.312 e. The van der Waals surface area contributed by atoms with Crippen LogP contribution < -0.4 is 11.1 Å². The third-order valence-electron chi connectivity index (χ3n) is 4.55. The zero-order valence-corrected chi connectivity index (χ0v) is 10.9. The number of hydrogen-bond acceptors (Lipinski definition) is 2. The Hall–Kier alpha value is -1.64. The number of rotatable bonds is 0. The fourth-order valence-electron chi connectivity index (χ4n) is 3.64. The molecule has 1 heterocycles. The van der Waals surface area contributed by atoms with Gasteiger partial charge in [-0.2, -0.15) is 0 Å². The van der Waals surface area contributed by atoms with Crippen molar-refractivity contribution >= 4 is 0 Å². The van der Waals surface area contributed by atoms with Crippen LogP contribution in [-0.4, -0.2) is 6.54 Å². The van der Waals surface area contributed by atoms with Crippen LogP contribution in [0, 0.1) is 0 Å². The molecule has 4 rings (SSSR count). The van der Waals surface area contributed by atoms with Gasteiger partial charge in [-0.05, 0) is 40.7 Å². The molecule has 0 radical (unpaired) electrons. The molecule has 1 aliphatic heterocycles. The predicted molar refractivity (Wildman–Crippen MR) is 77.1 cm³/mol. The Balaban J connectivity index is 1.98. The summed E-state index contributed by atoms with van der Waals surface area (Å²) in [7, 11) is 0. The van der Waals surface area contributed by atoms with Gasteiger partial charge in [0.05, 0.1) is 6.17 Å². The molecule has 0 saturated heterocycles. The molecule has 2 aliphatic rings. The Morgan fingerprint density at radius 1 is 0.895 bits per heavy atom. The van der Waals surface area contributed by atoms with Crippen molar-refractivity contribution in [3.8, 4) is 0 Å².